The van der Waals surface area contributed by atoms with Gasteiger partial charge >= 0.3 is 8.03 Å². The molecule has 16 heavy (non-hydrogen) atoms. The van der Waals surface area contributed by atoms with E-state index >= 15 is 0 Å². The van der Waals surface area contributed by atoms with E-state index in [1.165, 1.54) is 6.42 Å². The zero-order valence-corrected chi connectivity index (χ0v) is 10.9. The summed E-state index contributed by atoms with van der Waals surface area (Å²) in [7, 11) is -2.20. The molecule has 1 heterocycles. The van der Waals surface area contributed by atoms with Crippen LogP contribution in [0.3, 0.4) is 0 Å². The Hall–Kier alpha value is -0.0200. The van der Waals surface area contributed by atoms with Crippen LogP contribution in [0.25, 0.3) is 0 Å². The molecule has 2 rings (SSSR count). The van der Waals surface area contributed by atoms with Crippen LogP contribution in [0.2, 0.25) is 0 Å². The third kappa shape index (κ3) is 2.30. The van der Waals surface area contributed by atoms with Crippen LogP contribution in [0.1, 0.15) is 46.0 Å². The Labute approximate surface area is 97.6 Å². The minimum absolute atomic E-state index is 0.273. The maximum absolute atomic E-state index is 11.4. The summed E-state index contributed by atoms with van der Waals surface area (Å²) in [6, 6.07) is 0. The summed E-state index contributed by atoms with van der Waals surface area (Å²) in [6.45, 7) is 4.51. The van der Waals surface area contributed by atoms with Gasteiger partial charge in [0.05, 0.1) is 12.0 Å². The number of hydrogen-bond donors (Lipinski definition) is 2. The molecule has 1 saturated heterocycles. The average molecular weight is 246 g/mol. The lowest BCUT2D eigenvalue weighted by Crippen LogP contribution is -2.62. The summed E-state index contributed by atoms with van der Waals surface area (Å²) < 4.78 is 17.4. The highest BCUT2D eigenvalue weighted by molar-refractivity contribution is 7.38. The smallest absolute Gasteiger partial charge is 0.360 e. The number of ether oxygens (including phenoxy) is 1. The van der Waals surface area contributed by atoms with Crippen LogP contribution in [0.15, 0.2) is 0 Å². The Morgan fingerprint density at radius 3 is 2.50 bits per heavy atom. The molecule has 5 heteroatoms. The quantitative estimate of drug-likeness (QED) is 0.697. The van der Waals surface area contributed by atoms with Crippen molar-refractivity contribution < 1.29 is 14.2 Å². The van der Waals surface area contributed by atoms with Gasteiger partial charge in [-0.3, -0.25) is 0 Å². The van der Waals surface area contributed by atoms with Gasteiger partial charge in [-0.25, -0.2) is 5.32 Å². The Bertz CT molecular complexity index is 287. The SMILES string of the molecule is CC1(C)COC2(CCCCC2)NC1[P+](=O)O. The number of nitrogens with one attached hydrogen (secondary N) is 1. The summed E-state index contributed by atoms with van der Waals surface area (Å²) in [5, 5.41) is 3.30. The van der Waals surface area contributed by atoms with E-state index < -0.39 is 8.03 Å². The van der Waals surface area contributed by atoms with Gasteiger partial charge in [0.1, 0.15) is 5.72 Å². The molecule has 2 atom stereocenters. The standard InChI is InChI=1S/C11H20NO3P/c1-10(2)8-15-11(6-4-3-5-7-11)12-9(10)16(13)14/h9,12H,3-8H2,1-2H3/p+1. The van der Waals surface area contributed by atoms with Crippen LogP contribution in [-0.4, -0.2) is 23.0 Å². The van der Waals surface area contributed by atoms with Crippen LogP contribution in [0.5, 0.6) is 0 Å². The van der Waals surface area contributed by atoms with Crippen molar-refractivity contribution in [3.8, 4) is 0 Å². The van der Waals surface area contributed by atoms with E-state index in [-0.39, 0.29) is 16.9 Å². The van der Waals surface area contributed by atoms with Gasteiger partial charge in [0, 0.05) is 0 Å². The minimum atomic E-state index is -2.20. The minimum Gasteiger partial charge on any atom is -0.360 e. The highest BCUT2D eigenvalue weighted by atomic mass is 31.1. The van der Waals surface area contributed by atoms with E-state index in [2.05, 4.69) is 5.32 Å². The van der Waals surface area contributed by atoms with Crippen molar-refractivity contribution in [2.24, 2.45) is 5.41 Å². The van der Waals surface area contributed by atoms with Crippen LogP contribution < -0.4 is 5.32 Å². The van der Waals surface area contributed by atoms with Crippen molar-refractivity contribution in [1.29, 1.82) is 0 Å². The molecule has 0 amide bonds. The second-order valence-electron chi connectivity index (χ2n) is 5.68. The first kappa shape index (κ1) is 12.4. The van der Waals surface area contributed by atoms with Crippen LogP contribution in [0.4, 0.5) is 0 Å². The molecule has 92 valence electrons. The topological polar surface area (TPSA) is 58.6 Å². The molecule has 1 spiro atoms. The van der Waals surface area contributed by atoms with Crippen LogP contribution >= 0.6 is 8.03 Å². The molecular formula is C11H21NO3P+. The first-order chi connectivity index (χ1) is 7.45. The normalized spacial score (nSPS) is 33.7. The third-order valence-corrected chi connectivity index (χ3v) is 5.01. The third-order valence-electron chi connectivity index (χ3n) is 3.74. The lowest BCUT2D eigenvalue weighted by atomic mass is 9.85. The maximum atomic E-state index is 11.4. The molecular weight excluding hydrogens is 225 g/mol. The highest BCUT2D eigenvalue weighted by Gasteiger charge is 2.53. The summed E-state index contributed by atoms with van der Waals surface area (Å²) in [4.78, 5) is 9.42. The Balaban J connectivity index is 2.14. The number of rotatable bonds is 1. The van der Waals surface area contributed by atoms with Crippen molar-refractivity contribution in [3.05, 3.63) is 0 Å². The van der Waals surface area contributed by atoms with Gasteiger partial charge in [0.25, 0.3) is 0 Å². The van der Waals surface area contributed by atoms with Gasteiger partial charge in [0.15, 0.2) is 0 Å². The molecule has 2 unspecified atom stereocenters. The summed E-state index contributed by atoms with van der Waals surface area (Å²) >= 11 is 0. The molecule has 0 aromatic heterocycles. The average Bonchev–Trinajstić information content (AvgIpc) is 2.23. The molecule has 0 aromatic rings. The molecule has 1 aliphatic heterocycles. The van der Waals surface area contributed by atoms with E-state index in [1.807, 2.05) is 13.8 Å². The second-order valence-corrected chi connectivity index (χ2v) is 6.80. The molecule has 0 radical (unpaired) electrons. The van der Waals surface area contributed by atoms with E-state index in [9.17, 15) is 9.46 Å². The Kier molecular flexibility index (Phi) is 3.37. The van der Waals surface area contributed by atoms with Gasteiger partial charge in [0.2, 0.25) is 5.78 Å². The van der Waals surface area contributed by atoms with Crippen LogP contribution in [0, 0.1) is 5.41 Å². The predicted octanol–water partition coefficient (Wildman–Crippen LogP) is 2.35. The molecule has 2 aliphatic rings. The second kappa shape index (κ2) is 4.34. The van der Waals surface area contributed by atoms with Gasteiger partial charge < -0.3 is 4.74 Å². The molecule has 1 aliphatic carbocycles. The van der Waals surface area contributed by atoms with E-state index in [0.29, 0.717) is 6.61 Å². The first-order valence-electron chi connectivity index (χ1n) is 6.02. The fraction of sp³-hybridized carbons (Fsp3) is 1.00. The fourth-order valence-electron chi connectivity index (χ4n) is 2.66. The Morgan fingerprint density at radius 1 is 1.31 bits per heavy atom. The molecule has 1 saturated carbocycles. The van der Waals surface area contributed by atoms with Crippen molar-refractivity contribution in [2.75, 3.05) is 6.61 Å². The summed E-state index contributed by atoms with van der Waals surface area (Å²) in [5.74, 6) is -0.352. The zero-order valence-electron chi connectivity index (χ0n) is 10.0. The van der Waals surface area contributed by atoms with E-state index in [0.717, 1.165) is 25.7 Å². The van der Waals surface area contributed by atoms with Gasteiger partial charge in [-0.15, -0.1) is 0 Å². The lowest BCUT2D eigenvalue weighted by Gasteiger charge is -2.46. The highest BCUT2D eigenvalue weighted by Crippen LogP contribution is 2.44. The Morgan fingerprint density at radius 2 is 1.94 bits per heavy atom. The van der Waals surface area contributed by atoms with Crippen molar-refractivity contribution in [1.82, 2.24) is 5.32 Å². The first-order valence-corrected chi connectivity index (χ1v) is 7.30. The van der Waals surface area contributed by atoms with Crippen molar-refractivity contribution in [2.45, 2.75) is 57.5 Å². The monoisotopic (exact) mass is 246 g/mol. The maximum Gasteiger partial charge on any atom is 0.525 e. The molecule has 0 bridgehead atoms. The van der Waals surface area contributed by atoms with Gasteiger partial charge in [-0.2, -0.15) is 4.89 Å². The van der Waals surface area contributed by atoms with E-state index in [1.54, 1.807) is 0 Å². The van der Waals surface area contributed by atoms with Crippen molar-refractivity contribution >= 4 is 8.03 Å². The summed E-state index contributed by atoms with van der Waals surface area (Å²) in [6.07, 6.45) is 5.45. The fourth-order valence-corrected chi connectivity index (χ4v) is 3.67. The summed E-state index contributed by atoms with van der Waals surface area (Å²) in [5.41, 5.74) is -0.600. The van der Waals surface area contributed by atoms with Crippen molar-refractivity contribution in [3.63, 3.8) is 0 Å². The lowest BCUT2D eigenvalue weighted by molar-refractivity contribution is -0.161. The number of hydrogen-bond acceptors (Lipinski definition) is 3. The molecule has 4 nitrogen and oxygen atoms in total. The largest absolute Gasteiger partial charge is 0.525 e. The molecule has 2 fully saturated rings. The van der Waals surface area contributed by atoms with Gasteiger partial charge in [-0.05, 0) is 30.2 Å². The zero-order chi connectivity index (χ0) is 11.8. The molecule has 2 N–H and O–H groups in total. The van der Waals surface area contributed by atoms with Crippen LogP contribution in [-0.2, 0) is 9.30 Å². The molecule has 0 aromatic carbocycles. The van der Waals surface area contributed by atoms with E-state index in [4.69, 9.17) is 4.74 Å². The predicted molar refractivity (Wildman–Crippen MR) is 62.3 cm³/mol. The van der Waals surface area contributed by atoms with Gasteiger partial charge in [-0.1, -0.05) is 20.3 Å².